The Morgan fingerprint density at radius 2 is 1.81 bits per heavy atom. The molecule has 1 aliphatic heterocycles. The van der Waals surface area contributed by atoms with Gasteiger partial charge in [-0.2, -0.15) is 9.78 Å². The fourth-order valence-electron chi connectivity index (χ4n) is 3.98. The van der Waals surface area contributed by atoms with Crippen LogP contribution in [0.25, 0.3) is 5.69 Å². The van der Waals surface area contributed by atoms with Gasteiger partial charge >= 0.3 is 0 Å². The molecule has 1 aromatic heterocycles. The molecule has 1 amide bonds. The number of amides is 1. The van der Waals surface area contributed by atoms with Gasteiger partial charge in [0.25, 0.3) is 11.5 Å². The predicted octanol–water partition coefficient (Wildman–Crippen LogP) is 4.82. The number of halogens is 1. The molecule has 2 N–H and O–H groups in total. The van der Waals surface area contributed by atoms with Crippen LogP contribution in [0.1, 0.15) is 23.2 Å². The zero-order chi connectivity index (χ0) is 25.6. The smallest absolute Gasteiger partial charge is 0.299 e. The number of hydrogen-bond donors (Lipinski definition) is 2. The van der Waals surface area contributed by atoms with Gasteiger partial charge in [0.15, 0.2) is 11.4 Å². The second-order valence-corrected chi connectivity index (χ2v) is 8.54. The second-order valence-electron chi connectivity index (χ2n) is 8.54. The topological polar surface area (TPSA) is 94.5 Å². The third kappa shape index (κ3) is 5.84. The minimum atomic E-state index is -0.488. The van der Waals surface area contributed by atoms with Gasteiger partial charge in [0.05, 0.1) is 18.0 Å². The molecule has 0 spiro atoms. The van der Waals surface area contributed by atoms with Crippen molar-refractivity contribution < 1.29 is 18.7 Å². The maximum Gasteiger partial charge on any atom is 0.299 e. The van der Waals surface area contributed by atoms with Crippen LogP contribution >= 0.6 is 0 Å². The molecule has 0 aliphatic carbocycles. The fraction of sp³-hybridized carbons (Fsp3) is 0.179. The minimum absolute atomic E-state index is 0.0582. The van der Waals surface area contributed by atoms with E-state index in [1.165, 1.54) is 30.5 Å². The Balaban J connectivity index is 1.40. The Hall–Kier alpha value is -4.50. The van der Waals surface area contributed by atoms with Crippen molar-refractivity contribution in [1.29, 1.82) is 0 Å². The van der Waals surface area contributed by atoms with Crippen LogP contribution in [0.3, 0.4) is 0 Å². The molecule has 4 aromatic rings. The monoisotopic (exact) mass is 500 g/mol. The Bertz CT molecular complexity index is 1420. The summed E-state index contributed by atoms with van der Waals surface area (Å²) in [6.45, 7) is 1.20. The van der Waals surface area contributed by atoms with Gasteiger partial charge in [0, 0.05) is 24.4 Å². The van der Waals surface area contributed by atoms with Crippen molar-refractivity contribution in [3.8, 4) is 17.2 Å². The van der Waals surface area contributed by atoms with Gasteiger partial charge in [-0.05, 0) is 73.5 Å². The van der Waals surface area contributed by atoms with Crippen molar-refractivity contribution in [3.63, 3.8) is 0 Å². The molecule has 8 nitrogen and oxygen atoms in total. The molecule has 0 radical (unpaired) electrons. The molecule has 1 aliphatic rings. The van der Waals surface area contributed by atoms with Crippen molar-refractivity contribution in [2.24, 2.45) is 0 Å². The Kier molecular flexibility index (Phi) is 7.23. The third-order valence-electron chi connectivity index (χ3n) is 5.92. The molecule has 1 saturated heterocycles. The van der Waals surface area contributed by atoms with Crippen LogP contribution in [0, 0.1) is 5.82 Å². The van der Waals surface area contributed by atoms with E-state index in [1.54, 1.807) is 36.4 Å². The molecule has 188 valence electrons. The normalized spacial score (nSPS) is 14.8. The highest BCUT2D eigenvalue weighted by Gasteiger charge is 2.18. The van der Waals surface area contributed by atoms with Crippen LogP contribution in [-0.4, -0.2) is 34.9 Å². The van der Waals surface area contributed by atoms with Crippen LogP contribution in [0.15, 0.2) is 89.9 Å². The van der Waals surface area contributed by atoms with Gasteiger partial charge in [0.1, 0.15) is 11.6 Å². The number of para-hydroxylation sites is 1. The van der Waals surface area contributed by atoms with Crippen molar-refractivity contribution in [1.82, 2.24) is 15.1 Å². The van der Waals surface area contributed by atoms with Crippen molar-refractivity contribution in [3.05, 3.63) is 107 Å². The molecule has 0 saturated carbocycles. The van der Waals surface area contributed by atoms with Crippen molar-refractivity contribution in [2.75, 3.05) is 18.5 Å². The summed E-state index contributed by atoms with van der Waals surface area (Å²) >= 11 is 0. The van der Waals surface area contributed by atoms with Gasteiger partial charge in [-0.3, -0.25) is 9.59 Å². The van der Waals surface area contributed by atoms with Crippen molar-refractivity contribution in [2.45, 2.75) is 18.9 Å². The van der Waals surface area contributed by atoms with Gasteiger partial charge in [-0.1, -0.05) is 18.2 Å². The van der Waals surface area contributed by atoms with Gasteiger partial charge in [-0.25, -0.2) is 4.39 Å². The van der Waals surface area contributed by atoms with Gasteiger partial charge < -0.3 is 20.1 Å². The summed E-state index contributed by atoms with van der Waals surface area (Å²) in [6, 6.07) is 21.2. The highest BCUT2D eigenvalue weighted by Crippen LogP contribution is 2.29. The highest BCUT2D eigenvalue weighted by atomic mass is 19.1. The van der Waals surface area contributed by atoms with E-state index in [1.807, 2.05) is 18.2 Å². The lowest BCUT2D eigenvalue weighted by molar-refractivity contribution is 0.0858. The molecule has 3 aromatic carbocycles. The molecule has 1 atom stereocenters. The van der Waals surface area contributed by atoms with Crippen LogP contribution in [0.5, 0.6) is 11.5 Å². The summed E-state index contributed by atoms with van der Waals surface area (Å²) in [5, 5.41) is 10.2. The van der Waals surface area contributed by atoms with E-state index < -0.39 is 11.4 Å². The zero-order valence-corrected chi connectivity index (χ0v) is 19.9. The lowest BCUT2D eigenvalue weighted by atomic mass is 10.1. The fourth-order valence-corrected chi connectivity index (χ4v) is 3.98. The lowest BCUT2D eigenvalue weighted by Crippen LogP contribution is -2.31. The summed E-state index contributed by atoms with van der Waals surface area (Å²) in [5.41, 5.74) is 1.11. The zero-order valence-electron chi connectivity index (χ0n) is 19.9. The van der Waals surface area contributed by atoms with Crippen LogP contribution in [0.4, 0.5) is 15.8 Å². The predicted molar refractivity (Wildman–Crippen MR) is 137 cm³/mol. The summed E-state index contributed by atoms with van der Waals surface area (Å²) in [4.78, 5) is 26.0. The van der Waals surface area contributed by atoms with E-state index in [0.29, 0.717) is 29.2 Å². The first-order valence-corrected chi connectivity index (χ1v) is 11.9. The first kappa shape index (κ1) is 24.2. The largest absolute Gasteiger partial charge is 0.453 e. The molecular weight excluding hydrogens is 475 g/mol. The highest BCUT2D eigenvalue weighted by molar-refractivity contribution is 5.94. The average Bonchev–Trinajstić information content (AvgIpc) is 3.45. The van der Waals surface area contributed by atoms with Crippen LogP contribution in [0.2, 0.25) is 0 Å². The Morgan fingerprint density at radius 1 is 1.05 bits per heavy atom. The number of ether oxygens (including phenoxy) is 2. The number of aromatic nitrogens is 2. The maximum absolute atomic E-state index is 13.4. The van der Waals surface area contributed by atoms with E-state index in [9.17, 15) is 14.0 Å². The van der Waals surface area contributed by atoms with E-state index in [2.05, 4.69) is 15.7 Å². The number of nitrogens with zero attached hydrogens (tertiary/aromatic N) is 2. The van der Waals surface area contributed by atoms with Gasteiger partial charge in [0.2, 0.25) is 0 Å². The molecule has 37 heavy (non-hydrogen) atoms. The number of benzene rings is 3. The molecular formula is C28H25FN4O4. The third-order valence-corrected chi connectivity index (χ3v) is 5.92. The quantitative estimate of drug-likeness (QED) is 0.360. The second kappa shape index (κ2) is 11.0. The standard InChI is InChI=1S/C28H25FN4O4/c29-20-10-14-22(15-11-20)33-28(35)26(25(18-31-33)37-23-5-2-1-3-6-23)32-21-12-8-19(9-13-21)27(34)30-17-24-7-4-16-36-24/h1-3,5-6,8-15,18,24,32H,4,7,16-17H2,(H,30,34). The van der Waals surface area contributed by atoms with E-state index in [4.69, 9.17) is 9.47 Å². The molecule has 9 heteroatoms. The number of carbonyl (C=O) groups is 1. The van der Waals surface area contributed by atoms with Crippen LogP contribution < -0.4 is 20.9 Å². The van der Waals surface area contributed by atoms with Crippen LogP contribution in [-0.2, 0) is 4.74 Å². The summed E-state index contributed by atoms with van der Waals surface area (Å²) < 4.78 is 26.1. The SMILES string of the molecule is O=C(NCC1CCCO1)c1ccc(Nc2c(Oc3ccccc3)cnn(-c3ccc(F)cc3)c2=O)cc1. The lowest BCUT2D eigenvalue weighted by Gasteiger charge is -2.15. The molecule has 5 rings (SSSR count). The van der Waals surface area contributed by atoms with Crippen molar-refractivity contribution >= 4 is 17.3 Å². The first-order chi connectivity index (χ1) is 18.1. The first-order valence-electron chi connectivity index (χ1n) is 11.9. The van der Waals surface area contributed by atoms with E-state index in [-0.39, 0.29) is 23.4 Å². The number of rotatable bonds is 8. The molecule has 2 heterocycles. The Morgan fingerprint density at radius 3 is 2.51 bits per heavy atom. The summed E-state index contributed by atoms with van der Waals surface area (Å²) in [5.74, 6) is 0.134. The maximum atomic E-state index is 13.4. The molecule has 0 bridgehead atoms. The number of nitrogens with one attached hydrogen (secondary N) is 2. The number of carbonyl (C=O) groups excluding carboxylic acids is 1. The number of hydrogen-bond acceptors (Lipinski definition) is 6. The minimum Gasteiger partial charge on any atom is -0.453 e. The molecule has 1 unspecified atom stereocenters. The molecule has 1 fully saturated rings. The van der Waals surface area contributed by atoms with E-state index in [0.717, 1.165) is 24.1 Å². The Labute approximate surface area is 212 Å². The summed E-state index contributed by atoms with van der Waals surface area (Å²) in [6.07, 6.45) is 3.43. The average molecular weight is 501 g/mol. The van der Waals surface area contributed by atoms with Gasteiger partial charge in [-0.15, -0.1) is 0 Å². The number of anilines is 2. The summed E-state index contributed by atoms with van der Waals surface area (Å²) in [7, 11) is 0. The van der Waals surface area contributed by atoms with E-state index >= 15 is 0 Å².